The smallest absolute Gasteiger partial charge is 0.256 e. The Kier molecular flexibility index (Phi) is 4.98. The molecule has 0 N–H and O–H groups in total. The number of benzene rings is 3. The number of hydrogen-bond donors (Lipinski definition) is 0. The van der Waals surface area contributed by atoms with Gasteiger partial charge in [-0.3, -0.25) is 4.79 Å². The number of carbonyl (C=O) groups excluding carboxylic acids is 1. The lowest BCUT2D eigenvalue weighted by molar-refractivity contribution is 0.101. The molecule has 5 aromatic rings. The highest BCUT2D eigenvalue weighted by molar-refractivity contribution is 7.12. The van der Waals surface area contributed by atoms with Crippen molar-refractivity contribution in [3.63, 3.8) is 0 Å². The monoisotopic (exact) mass is 427 g/mol. The zero-order valence-corrected chi connectivity index (χ0v) is 17.4. The van der Waals surface area contributed by atoms with Crippen molar-refractivity contribution in [1.29, 1.82) is 0 Å². The van der Waals surface area contributed by atoms with Crippen LogP contribution in [0.1, 0.15) is 15.6 Å². The topological polar surface area (TPSA) is 61.6 Å². The zero-order chi connectivity index (χ0) is 21.2. The maximum atomic E-state index is 12.9. The fourth-order valence-corrected chi connectivity index (χ4v) is 3.97. The van der Waals surface area contributed by atoms with Gasteiger partial charge in [0, 0.05) is 16.3 Å². The number of aromatic nitrogens is 1. The molecule has 0 radical (unpaired) electrons. The summed E-state index contributed by atoms with van der Waals surface area (Å²) in [6.07, 6.45) is 0. The zero-order valence-electron chi connectivity index (χ0n) is 16.6. The van der Waals surface area contributed by atoms with Crippen molar-refractivity contribution in [2.75, 3.05) is 7.11 Å². The molecule has 2 heterocycles. The molecule has 152 valence electrons. The summed E-state index contributed by atoms with van der Waals surface area (Å²) in [5.41, 5.74) is 2.28. The summed E-state index contributed by atoms with van der Waals surface area (Å²) in [6, 6.07) is 24.4. The van der Waals surface area contributed by atoms with E-state index in [1.807, 2.05) is 66.0 Å². The highest BCUT2D eigenvalue weighted by Gasteiger charge is 2.19. The van der Waals surface area contributed by atoms with E-state index < -0.39 is 0 Å². The molecular weight excluding hydrogens is 410 g/mol. The lowest BCUT2D eigenvalue weighted by Gasteiger charge is -2.05. The van der Waals surface area contributed by atoms with Crippen molar-refractivity contribution in [3.8, 4) is 28.5 Å². The summed E-state index contributed by atoms with van der Waals surface area (Å²) < 4.78 is 16.8. The Labute approximate surface area is 182 Å². The molecule has 0 saturated heterocycles. The van der Waals surface area contributed by atoms with Crippen molar-refractivity contribution in [2.45, 2.75) is 0 Å². The van der Waals surface area contributed by atoms with E-state index in [9.17, 15) is 4.79 Å². The molecule has 0 aliphatic carbocycles. The minimum Gasteiger partial charge on any atom is -0.497 e. The first kappa shape index (κ1) is 19.1. The van der Waals surface area contributed by atoms with Gasteiger partial charge in [-0.15, -0.1) is 11.3 Å². The van der Waals surface area contributed by atoms with Crippen LogP contribution in [0.2, 0.25) is 0 Å². The van der Waals surface area contributed by atoms with Crippen LogP contribution in [0, 0.1) is 0 Å². The average Bonchev–Trinajstić information content (AvgIpc) is 3.47. The Hall–Kier alpha value is -3.90. The number of para-hydroxylation sites is 1. The third-order valence-corrected chi connectivity index (χ3v) is 5.62. The van der Waals surface area contributed by atoms with Crippen molar-refractivity contribution in [2.24, 2.45) is 0 Å². The number of hydrogen-bond acceptors (Lipinski definition) is 6. The minimum absolute atomic E-state index is 0.240. The van der Waals surface area contributed by atoms with Crippen LogP contribution in [-0.2, 0) is 0 Å². The molecule has 0 spiro atoms. The van der Waals surface area contributed by atoms with Crippen LogP contribution in [0.5, 0.6) is 17.2 Å². The van der Waals surface area contributed by atoms with Gasteiger partial charge in [0.25, 0.3) is 5.78 Å². The van der Waals surface area contributed by atoms with Gasteiger partial charge in [-0.05, 0) is 60.7 Å². The van der Waals surface area contributed by atoms with E-state index in [2.05, 4.69) is 4.98 Å². The molecule has 31 heavy (non-hydrogen) atoms. The molecule has 0 unspecified atom stereocenters. The maximum absolute atomic E-state index is 12.9. The van der Waals surface area contributed by atoms with Gasteiger partial charge in [0.05, 0.1) is 12.8 Å². The van der Waals surface area contributed by atoms with Crippen LogP contribution < -0.4 is 9.47 Å². The number of ether oxygens (including phenoxy) is 2. The number of carbonyl (C=O) groups is 1. The van der Waals surface area contributed by atoms with E-state index in [4.69, 9.17) is 13.9 Å². The molecule has 0 atom stereocenters. The Morgan fingerprint density at radius 2 is 1.65 bits per heavy atom. The Morgan fingerprint density at radius 3 is 2.42 bits per heavy atom. The van der Waals surface area contributed by atoms with Crippen molar-refractivity contribution >= 4 is 28.1 Å². The number of rotatable bonds is 6. The normalized spacial score (nSPS) is 10.9. The van der Waals surface area contributed by atoms with Gasteiger partial charge in [-0.1, -0.05) is 18.2 Å². The first-order valence-electron chi connectivity index (χ1n) is 9.61. The van der Waals surface area contributed by atoms with Crippen molar-refractivity contribution in [3.05, 3.63) is 95.0 Å². The van der Waals surface area contributed by atoms with E-state index in [1.165, 1.54) is 11.3 Å². The molecule has 0 aliphatic heterocycles. The molecule has 0 bridgehead atoms. The highest BCUT2D eigenvalue weighted by atomic mass is 32.1. The summed E-state index contributed by atoms with van der Waals surface area (Å²) >= 11 is 1.30. The molecule has 0 amide bonds. The van der Waals surface area contributed by atoms with Gasteiger partial charge in [0.1, 0.15) is 22.8 Å². The second-order valence-electron chi connectivity index (χ2n) is 6.82. The van der Waals surface area contributed by atoms with Crippen molar-refractivity contribution in [1.82, 2.24) is 4.98 Å². The lowest BCUT2D eigenvalue weighted by atomic mass is 10.1. The van der Waals surface area contributed by atoms with Gasteiger partial charge in [-0.25, -0.2) is 4.98 Å². The summed E-state index contributed by atoms with van der Waals surface area (Å²) in [4.78, 5) is 17.4. The summed E-state index contributed by atoms with van der Waals surface area (Å²) in [5, 5.41) is 3.06. The van der Waals surface area contributed by atoms with E-state index in [-0.39, 0.29) is 11.5 Å². The van der Waals surface area contributed by atoms with Crippen LogP contribution in [0.25, 0.3) is 22.2 Å². The van der Waals surface area contributed by atoms with Crippen LogP contribution >= 0.6 is 11.3 Å². The summed E-state index contributed by atoms with van der Waals surface area (Å²) in [5.74, 6) is 2.24. The molecule has 2 aromatic heterocycles. The quantitative estimate of drug-likeness (QED) is 0.286. The third-order valence-electron chi connectivity index (χ3n) is 4.77. The third kappa shape index (κ3) is 3.93. The SMILES string of the molecule is COc1ccc2oc(C(=O)c3nc(-c4ccc(Oc5ccccc5)cc4)cs3)cc2c1. The molecule has 0 aliphatic rings. The molecular formula is C25H17NO4S. The van der Waals surface area contributed by atoms with Gasteiger partial charge in [-0.2, -0.15) is 0 Å². The average molecular weight is 427 g/mol. The van der Waals surface area contributed by atoms with Crippen LogP contribution in [-0.4, -0.2) is 17.9 Å². The number of fused-ring (bicyclic) bond motifs is 1. The number of nitrogens with zero attached hydrogens (tertiary/aromatic N) is 1. The van der Waals surface area contributed by atoms with Crippen LogP contribution in [0.3, 0.4) is 0 Å². The van der Waals surface area contributed by atoms with Gasteiger partial charge in [0.2, 0.25) is 0 Å². The minimum atomic E-state index is -0.240. The molecule has 5 rings (SSSR count). The van der Waals surface area contributed by atoms with E-state index in [0.29, 0.717) is 16.3 Å². The molecule has 6 heteroatoms. The molecule has 0 fully saturated rings. The second kappa shape index (κ2) is 8.08. The van der Waals surface area contributed by atoms with E-state index >= 15 is 0 Å². The predicted molar refractivity (Wildman–Crippen MR) is 120 cm³/mol. The van der Waals surface area contributed by atoms with Crippen LogP contribution in [0.15, 0.2) is 88.7 Å². The predicted octanol–water partition coefficient (Wildman–Crippen LogP) is 6.59. The molecule has 5 nitrogen and oxygen atoms in total. The first-order valence-corrected chi connectivity index (χ1v) is 10.5. The highest BCUT2D eigenvalue weighted by Crippen LogP contribution is 2.29. The molecule has 3 aromatic carbocycles. The Bertz CT molecular complexity index is 1350. The summed E-state index contributed by atoms with van der Waals surface area (Å²) in [6.45, 7) is 0. The second-order valence-corrected chi connectivity index (χ2v) is 7.68. The first-order chi connectivity index (χ1) is 15.2. The number of methoxy groups -OCH3 is 1. The summed E-state index contributed by atoms with van der Waals surface area (Å²) in [7, 11) is 1.60. The fourth-order valence-electron chi connectivity index (χ4n) is 3.19. The van der Waals surface area contributed by atoms with Crippen molar-refractivity contribution < 1.29 is 18.7 Å². The number of thiazole rings is 1. The van der Waals surface area contributed by atoms with E-state index in [1.54, 1.807) is 25.3 Å². The number of ketones is 1. The Morgan fingerprint density at radius 1 is 0.903 bits per heavy atom. The van der Waals surface area contributed by atoms with E-state index in [0.717, 1.165) is 28.1 Å². The Balaban J connectivity index is 1.35. The largest absolute Gasteiger partial charge is 0.497 e. The number of furan rings is 1. The van der Waals surface area contributed by atoms with Crippen LogP contribution in [0.4, 0.5) is 0 Å². The molecule has 0 saturated carbocycles. The van der Waals surface area contributed by atoms with Gasteiger partial charge < -0.3 is 13.9 Å². The van der Waals surface area contributed by atoms with Gasteiger partial charge >= 0.3 is 0 Å². The standard InChI is InChI=1S/C25H17NO4S/c1-28-20-11-12-22-17(13-20)14-23(30-22)24(27)25-26-21(15-31-25)16-7-9-19(10-8-16)29-18-5-3-2-4-6-18/h2-15H,1H3. The maximum Gasteiger partial charge on any atom is 0.256 e. The fraction of sp³-hybridized carbons (Fsp3) is 0.0400. The van der Waals surface area contributed by atoms with Gasteiger partial charge in [0.15, 0.2) is 10.8 Å². The lowest BCUT2D eigenvalue weighted by Crippen LogP contribution is -1.98.